The Balaban J connectivity index is 1.84. The Morgan fingerprint density at radius 1 is 0.941 bits per heavy atom. The van der Waals surface area contributed by atoms with Crippen molar-refractivity contribution in [2.24, 2.45) is 14.1 Å². The minimum Gasteiger partial charge on any atom is -0.373 e. The van der Waals surface area contributed by atoms with Crippen LogP contribution in [0.3, 0.4) is 0 Å². The van der Waals surface area contributed by atoms with Gasteiger partial charge in [-0.25, -0.2) is 4.68 Å². The summed E-state index contributed by atoms with van der Waals surface area (Å²) in [5, 5.41) is 22.0. The first-order valence-electron chi connectivity index (χ1n) is 10.4. The predicted octanol–water partition coefficient (Wildman–Crippen LogP) is 4.32. The van der Waals surface area contributed by atoms with E-state index in [4.69, 9.17) is 23.2 Å². The molecule has 0 aliphatic heterocycles. The molecule has 0 bridgehead atoms. The number of benzene rings is 2. The molecule has 3 heterocycles. The van der Waals surface area contributed by atoms with Crippen molar-refractivity contribution in [2.45, 2.75) is 5.60 Å². The van der Waals surface area contributed by atoms with Gasteiger partial charge < -0.3 is 9.67 Å². The Labute approximate surface area is 204 Å². The largest absolute Gasteiger partial charge is 0.373 e. The summed E-state index contributed by atoms with van der Waals surface area (Å²) in [7, 11) is 3.38. The van der Waals surface area contributed by atoms with Crippen molar-refractivity contribution in [1.82, 2.24) is 24.5 Å². The molecule has 0 fully saturated rings. The molecule has 0 saturated carbocycles. The zero-order valence-corrected chi connectivity index (χ0v) is 19.8. The first-order chi connectivity index (χ1) is 16.3. The SMILES string of the molecule is Cn1nncc1[C@@](O)(c1ccc(Cl)cc1)c1cc2c(-c3cccc(Cl)c3)cc(=O)n(C)c2cn1. The first kappa shape index (κ1) is 22.3. The van der Waals surface area contributed by atoms with E-state index in [1.54, 1.807) is 68.8 Å². The van der Waals surface area contributed by atoms with Gasteiger partial charge in [0.1, 0.15) is 5.69 Å². The Kier molecular flexibility index (Phi) is 5.48. The zero-order valence-electron chi connectivity index (χ0n) is 18.3. The average molecular weight is 492 g/mol. The van der Waals surface area contributed by atoms with E-state index in [9.17, 15) is 9.90 Å². The van der Waals surface area contributed by atoms with Gasteiger partial charge >= 0.3 is 0 Å². The molecule has 1 N–H and O–H groups in total. The first-order valence-corrected chi connectivity index (χ1v) is 11.1. The lowest BCUT2D eigenvalue weighted by molar-refractivity contribution is 0.111. The van der Waals surface area contributed by atoms with E-state index in [-0.39, 0.29) is 5.56 Å². The number of nitrogens with zero attached hydrogens (tertiary/aromatic N) is 5. The number of aliphatic hydroxyl groups is 1. The van der Waals surface area contributed by atoms with Crippen LogP contribution in [-0.2, 0) is 19.7 Å². The average Bonchev–Trinajstić information content (AvgIpc) is 3.27. The molecule has 170 valence electrons. The van der Waals surface area contributed by atoms with E-state index in [1.807, 2.05) is 12.1 Å². The fourth-order valence-corrected chi connectivity index (χ4v) is 4.49. The minimum absolute atomic E-state index is 0.180. The Bertz CT molecular complexity index is 1590. The van der Waals surface area contributed by atoms with Gasteiger partial charge in [-0.3, -0.25) is 9.78 Å². The number of hydrogen-bond acceptors (Lipinski definition) is 5. The molecule has 34 heavy (non-hydrogen) atoms. The Hall–Kier alpha value is -3.52. The van der Waals surface area contributed by atoms with Crippen LogP contribution >= 0.6 is 23.2 Å². The van der Waals surface area contributed by atoms with E-state index in [1.165, 1.54) is 15.4 Å². The summed E-state index contributed by atoms with van der Waals surface area (Å²) in [6.07, 6.45) is 3.09. The van der Waals surface area contributed by atoms with Crippen LogP contribution in [0.5, 0.6) is 0 Å². The quantitative estimate of drug-likeness (QED) is 0.404. The predicted molar refractivity (Wildman–Crippen MR) is 132 cm³/mol. The van der Waals surface area contributed by atoms with Crippen molar-refractivity contribution < 1.29 is 5.11 Å². The van der Waals surface area contributed by atoms with E-state index < -0.39 is 5.60 Å². The van der Waals surface area contributed by atoms with Crippen LogP contribution in [0, 0.1) is 0 Å². The number of fused-ring (bicyclic) bond motifs is 1. The van der Waals surface area contributed by atoms with Crippen LogP contribution in [0.2, 0.25) is 10.0 Å². The number of aryl methyl sites for hydroxylation is 2. The van der Waals surface area contributed by atoms with Crippen LogP contribution in [0.4, 0.5) is 0 Å². The fourth-order valence-electron chi connectivity index (χ4n) is 4.18. The van der Waals surface area contributed by atoms with Crippen LogP contribution in [0.15, 0.2) is 77.9 Å². The highest BCUT2D eigenvalue weighted by Crippen LogP contribution is 2.38. The molecule has 0 unspecified atom stereocenters. The summed E-state index contributed by atoms with van der Waals surface area (Å²) in [5.41, 5.74) is 1.54. The van der Waals surface area contributed by atoms with Gasteiger partial charge in [-0.1, -0.05) is 52.7 Å². The summed E-state index contributed by atoms with van der Waals surface area (Å²) in [6.45, 7) is 0. The van der Waals surface area contributed by atoms with E-state index in [0.29, 0.717) is 38.1 Å². The Morgan fingerprint density at radius 3 is 2.38 bits per heavy atom. The van der Waals surface area contributed by atoms with Crippen molar-refractivity contribution >= 4 is 34.1 Å². The van der Waals surface area contributed by atoms with E-state index >= 15 is 0 Å². The third kappa shape index (κ3) is 3.58. The summed E-state index contributed by atoms with van der Waals surface area (Å²) < 4.78 is 3.02. The van der Waals surface area contributed by atoms with E-state index in [2.05, 4.69) is 15.3 Å². The number of pyridine rings is 2. The highest BCUT2D eigenvalue weighted by atomic mass is 35.5. The monoisotopic (exact) mass is 491 g/mol. The summed E-state index contributed by atoms with van der Waals surface area (Å²) >= 11 is 12.3. The summed E-state index contributed by atoms with van der Waals surface area (Å²) in [6, 6.07) is 17.5. The maximum absolute atomic E-state index is 12.7. The second-order valence-corrected chi connectivity index (χ2v) is 8.89. The highest BCUT2D eigenvalue weighted by Gasteiger charge is 2.39. The van der Waals surface area contributed by atoms with Gasteiger partial charge in [0.25, 0.3) is 5.56 Å². The zero-order chi connectivity index (χ0) is 24.0. The number of rotatable bonds is 4. The van der Waals surface area contributed by atoms with Crippen molar-refractivity contribution in [3.63, 3.8) is 0 Å². The maximum atomic E-state index is 12.7. The second-order valence-electron chi connectivity index (χ2n) is 8.01. The molecule has 5 rings (SSSR count). The van der Waals surface area contributed by atoms with Crippen LogP contribution in [0.1, 0.15) is 17.0 Å². The van der Waals surface area contributed by atoms with Gasteiger partial charge in [-0.2, -0.15) is 0 Å². The molecule has 0 aliphatic carbocycles. The maximum Gasteiger partial charge on any atom is 0.251 e. The van der Waals surface area contributed by atoms with Gasteiger partial charge in [0.2, 0.25) is 0 Å². The molecule has 5 aromatic rings. The van der Waals surface area contributed by atoms with Gasteiger partial charge in [0.15, 0.2) is 5.60 Å². The van der Waals surface area contributed by atoms with Gasteiger partial charge in [0, 0.05) is 35.6 Å². The highest BCUT2D eigenvalue weighted by molar-refractivity contribution is 6.31. The van der Waals surface area contributed by atoms with Crippen molar-refractivity contribution in [3.05, 3.63) is 110 Å². The van der Waals surface area contributed by atoms with Gasteiger partial charge in [0.05, 0.1) is 23.6 Å². The number of hydrogen-bond donors (Lipinski definition) is 1. The van der Waals surface area contributed by atoms with E-state index in [0.717, 1.165) is 10.9 Å². The molecule has 0 amide bonds. The smallest absolute Gasteiger partial charge is 0.251 e. The van der Waals surface area contributed by atoms with Crippen LogP contribution < -0.4 is 5.56 Å². The van der Waals surface area contributed by atoms with Crippen molar-refractivity contribution in [1.29, 1.82) is 0 Å². The normalized spacial score (nSPS) is 13.2. The summed E-state index contributed by atoms with van der Waals surface area (Å²) in [5.74, 6) is 0. The third-order valence-corrected chi connectivity index (χ3v) is 6.47. The molecule has 7 nitrogen and oxygen atoms in total. The molecule has 0 spiro atoms. The molecular weight excluding hydrogens is 473 g/mol. The van der Waals surface area contributed by atoms with Gasteiger partial charge in [-0.15, -0.1) is 5.10 Å². The number of aromatic nitrogens is 5. The van der Waals surface area contributed by atoms with Crippen molar-refractivity contribution in [3.8, 4) is 11.1 Å². The van der Waals surface area contributed by atoms with Crippen molar-refractivity contribution in [2.75, 3.05) is 0 Å². The molecule has 2 aromatic carbocycles. The molecule has 0 aliphatic rings. The number of halogens is 2. The molecule has 1 atom stereocenters. The van der Waals surface area contributed by atoms with Crippen LogP contribution in [0.25, 0.3) is 22.0 Å². The Morgan fingerprint density at radius 2 is 1.71 bits per heavy atom. The summed E-state index contributed by atoms with van der Waals surface area (Å²) in [4.78, 5) is 17.3. The fraction of sp³-hybridized carbons (Fsp3) is 0.120. The lowest BCUT2D eigenvalue weighted by atomic mass is 9.86. The molecule has 3 aromatic heterocycles. The topological polar surface area (TPSA) is 85.8 Å². The minimum atomic E-state index is -1.68. The van der Waals surface area contributed by atoms with Gasteiger partial charge in [-0.05, 0) is 47.0 Å². The second kappa shape index (κ2) is 8.36. The molecular formula is C25H19Cl2N5O2. The lowest BCUT2D eigenvalue weighted by Gasteiger charge is -2.28. The van der Waals surface area contributed by atoms with Crippen LogP contribution in [-0.4, -0.2) is 29.7 Å². The lowest BCUT2D eigenvalue weighted by Crippen LogP contribution is -2.32. The third-order valence-electron chi connectivity index (χ3n) is 5.99. The molecule has 0 radical (unpaired) electrons. The molecule has 0 saturated heterocycles. The molecule has 9 heteroatoms. The standard InChI is InChI=1S/C25H19Cl2N5O2/c1-31-21-13-28-22(11-20(21)19(12-24(31)33)15-4-3-5-18(27)10-15)25(34,23-14-29-30-32(23)2)16-6-8-17(26)9-7-16/h3-14,34H,1-2H3/t25-/m1/s1.